The number of nitrogens with two attached hydrogens (primary N) is 1. The first kappa shape index (κ1) is 18.3. The molecule has 25 heavy (non-hydrogen) atoms. The Hall–Kier alpha value is -1.46. The van der Waals surface area contributed by atoms with Crippen LogP contribution in [0.4, 0.5) is 5.00 Å². The molecule has 7 nitrogen and oxygen atoms in total. The minimum atomic E-state index is -3.80. The highest BCUT2D eigenvalue weighted by Crippen LogP contribution is 2.33. The summed E-state index contributed by atoms with van der Waals surface area (Å²) in [7, 11) is -3.80. The molecule has 1 saturated heterocycles. The Morgan fingerprint density at radius 2 is 2.08 bits per heavy atom. The first-order valence-electron chi connectivity index (χ1n) is 7.26. The number of carbonyl (C=O) groups is 2. The molecule has 0 saturated carbocycles. The quantitative estimate of drug-likeness (QED) is 0.774. The number of amides is 2. The van der Waals surface area contributed by atoms with E-state index in [9.17, 15) is 18.0 Å². The van der Waals surface area contributed by atoms with Crippen LogP contribution in [-0.2, 0) is 14.8 Å². The number of sulfonamides is 1. The van der Waals surface area contributed by atoms with Crippen LogP contribution in [0.1, 0.15) is 23.2 Å². The Morgan fingerprint density at radius 3 is 2.72 bits per heavy atom. The van der Waals surface area contributed by atoms with Crippen molar-refractivity contribution in [3.63, 3.8) is 0 Å². The average Bonchev–Trinajstić information content (AvgIpc) is 3.26. The van der Waals surface area contributed by atoms with Gasteiger partial charge in [0.1, 0.15) is 15.3 Å². The second-order valence-corrected chi connectivity index (χ2v) is 10.1. The highest BCUT2D eigenvalue weighted by atomic mass is 35.5. The Balaban J connectivity index is 1.83. The molecule has 0 spiro atoms. The summed E-state index contributed by atoms with van der Waals surface area (Å²) in [6.45, 7) is 0.253. The minimum absolute atomic E-state index is 0.103. The minimum Gasteiger partial charge on any atom is -0.366 e. The molecular weight excluding hydrogens is 406 g/mol. The van der Waals surface area contributed by atoms with Gasteiger partial charge in [0.15, 0.2) is 0 Å². The number of rotatable bonds is 5. The molecule has 0 bridgehead atoms. The van der Waals surface area contributed by atoms with E-state index in [1.54, 1.807) is 5.38 Å². The zero-order valence-electron chi connectivity index (χ0n) is 12.8. The van der Waals surface area contributed by atoms with E-state index in [-0.39, 0.29) is 16.3 Å². The summed E-state index contributed by atoms with van der Waals surface area (Å²) in [6.07, 6.45) is 0.977. The number of hydrogen-bond acceptors (Lipinski definition) is 6. The molecule has 0 radical (unpaired) electrons. The van der Waals surface area contributed by atoms with Gasteiger partial charge in [-0.2, -0.15) is 4.31 Å². The van der Waals surface area contributed by atoms with E-state index >= 15 is 0 Å². The lowest BCUT2D eigenvalue weighted by Crippen LogP contribution is -2.42. The third-order valence-electron chi connectivity index (χ3n) is 3.79. The van der Waals surface area contributed by atoms with Crippen LogP contribution in [0, 0.1) is 0 Å². The number of nitrogens with one attached hydrogen (secondary N) is 1. The summed E-state index contributed by atoms with van der Waals surface area (Å²) >= 11 is 7.94. The SMILES string of the molecule is NC(=O)c1ccsc1NC(=O)[C@H]1CCCN1S(=O)(=O)c1ccc(Cl)s1. The van der Waals surface area contributed by atoms with E-state index in [4.69, 9.17) is 17.3 Å². The number of primary amides is 1. The van der Waals surface area contributed by atoms with E-state index in [2.05, 4.69) is 5.32 Å². The van der Waals surface area contributed by atoms with Gasteiger partial charge in [-0.05, 0) is 36.4 Å². The third kappa shape index (κ3) is 3.58. The fourth-order valence-electron chi connectivity index (χ4n) is 2.64. The van der Waals surface area contributed by atoms with Crippen LogP contribution < -0.4 is 11.1 Å². The van der Waals surface area contributed by atoms with Crippen molar-refractivity contribution in [3.8, 4) is 0 Å². The number of anilines is 1. The van der Waals surface area contributed by atoms with Crippen LogP contribution in [0.5, 0.6) is 0 Å². The van der Waals surface area contributed by atoms with Gasteiger partial charge in [0, 0.05) is 6.54 Å². The van der Waals surface area contributed by atoms with Crippen molar-refractivity contribution >= 4 is 61.1 Å². The molecule has 2 amide bonds. The summed E-state index contributed by atoms with van der Waals surface area (Å²) in [5, 5.41) is 4.57. The maximum Gasteiger partial charge on any atom is 0.253 e. The number of carbonyl (C=O) groups excluding carboxylic acids is 2. The Morgan fingerprint density at radius 1 is 1.32 bits per heavy atom. The molecule has 3 heterocycles. The first-order valence-corrected chi connectivity index (χ1v) is 10.8. The molecule has 1 atom stereocenters. The van der Waals surface area contributed by atoms with Gasteiger partial charge in [-0.15, -0.1) is 22.7 Å². The number of hydrogen-bond donors (Lipinski definition) is 2. The van der Waals surface area contributed by atoms with Gasteiger partial charge in [0.25, 0.3) is 15.9 Å². The van der Waals surface area contributed by atoms with Crippen molar-refractivity contribution in [2.24, 2.45) is 5.73 Å². The number of halogens is 1. The van der Waals surface area contributed by atoms with Crippen LogP contribution in [-0.4, -0.2) is 37.1 Å². The zero-order chi connectivity index (χ0) is 18.2. The molecule has 0 aromatic carbocycles. The average molecular weight is 420 g/mol. The Labute approximate surface area is 157 Å². The lowest BCUT2D eigenvalue weighted by Gasteiger charge is -2.22. The van der Waals surface area contributed by atoms with Gasteiger partial charge in [0.2, 0.25) is 5.91 Å². The molecule has 1 aliphatic heterocycles. The number of thiophene rings is 2. The molecule has 0 aliphatic carbocycles. The fourth-order valence-corrected chi connectivity index (χ4v) is 6.70. The highest BCUT2D eigenvalue weighted by molar-refractivity contribution is 7.91. The van der Waals surface area contributed by atoms with Crippen molar-refractivity contribution in [2.75, 3.05) is 11.9 Å². The van der Waals surface area contributed by atoms with Crippen LogP contribution in [0.25, 0.3) is 0 Å². The van der Waals surface area contributed by atoms with Gasteiger partial charge < -0.3 is 11.1 Å². The van der Waals surface area contributed by atoms with Crippen molar-refractivity contribution in [2.45, 2.75) is 23.1 Å². The number of nitrogens with zero attached hydrogens (tertiary/aromatic N) is 1. The van der Waals surface area contributed by atoms with E-state index in [0.717, 1.165) is 22.7 Å². The van der Waals surface area contributed by atoms with Crippen LogP contribution in [0.15, 0.2) is 27.8 Å². The first-order chi connectivity index (χ1) is 11.8. The highest BCUT2D eigenvalue weighted by Gasteiger charge is 2.40. The lowest BCUT2D eigenvalue weighted by atomic mass is 10.2. The molecule has 11 heteroatoms. The van der Waals surface area contributed by atoms with E-state index in [1.807, 2.05) is 0 Å². The van der Waals surface area contributed by atoms with E-state index < -0.39 is 27.9 Å². The van der Waals surface area contributed by atoms with Crippen molar-refractivity contribution < 1.29 is 18.0 Å². The van der Waals surface area contributed by atoms with Gasteiger partial charge in [-0.25, -0.2) is 8.42 Å². The topological polar surface area (TPSA) is 110 Å². The van der Waals surface area contributed by atoms with E-state index in [1.165, 1.54) is 22.5 Å². The molecule has 2 aromatic heterocycles. The predicted octanol–water partition coefficient (Wildman–Crippen LogP) is 2.35. The van der Waals surface area contributed by atoms with Crippen molar-refractivity contribution in [3.05, 3.63) is 33.5 Å². The summed E-state index contributed by atoms with van der Waals surface area (Å²) in [5.41, 5.74) is 5.47. The van der Waals surface area contributed by atoms with Crippen LogP contribution >= 0.6 is 34.3 Å². The fraction of sp³-hybridized carbons (Fsp3) is 0.286. The summed E-state index contributed by atoms with van der Waals surface area (Å²) < 4.78 is 27.2. The standard InChI is InChI=1S/C14H14ClN3O4S3/c15-10-3-4-11(24-10)25(21,22)18-6-1-2-9(18)13(20)17-14-8(12(16)19)5-7-23-14/h3-5,7,9H,1-2,6H2,(H2,16,19)(H,17,20)/t9-/m1/s1. The summed E-state index contributed by atoms with van der Waals surface area (Å²) in [4.78, 5) is 24.0. The molecule has 0 unspecified atom stereocenters. The van der Waals surface area contributed by atoms with Crippen LogP contribution in [0.2, 0.25) is 4.34 Å². The third-order valence-corrected chi connectivity index (χ3v) is 8.22. The van der Waals surface area contributed by atoms with Crippen LogP contribution in [0.3, 0.4) is 0 Å². The maximum absolute atomic E-state index is 12.8. The predicted molar refractivity (Wildman–Crippen MR) is 97.7 cm³/mol. The van der Waals surface area contributed by atoms with Gasteiger partial charge in [-0.3, -0.25) is 9.59 Å². The summed E-state index contributed by atoms with van der Waals surface area (Å²) in [5.74, 6) is -1.13. The maximum atomic E-state index is 12.8. The van der Waals surface area contributed by atoms with E-state index in [0.29, 0.717) is 22.2 Å². The normalized spacial score (nSPS) is 18.4. The largest absolute Gasteiger partial charge is 0.366 e. The smallest absolute Gasteiger partial charge is 0.253 e. The molecule has 1 aliphatic rings. The van der Waals surface area contributed by atoms with Gasteiger partial charge >= 0.3 is 0 Å². The molecule has 3 rings (SSSR count). The summed E-state index contributed by atoms with van der Waals surface area (Å²) in [6, 6.07) is 3.61. The van der Waals surface area contributed by atoms with Gasteiger partial charge in [0.05, 0.1) is 9.90 Å². The second-order valence-electron chi connectivity index (χ2n) is 5.35. The Kier molecular flexibility index (Phi) is 5.16. The molecule has 2 aromatic rings. The molecule has 1 fully saturated rings. The van der Waals surface area contributed by atoms with Crippen molar-refractivity contribution in [1.82, 2.24) is 4.31 Å². The van der Waals surface area contributed by atoms with Gasteiger partial charge in [-0.1, -0.05) is 11.6 Å². The zero-order valence-corrected chi connectivity index (χ0v) is 16.0. The second kappa shape index (κ2) is 7.04. The molecule has 3 N–H and O–H groups in total. The van der Waals surface area contributed by atoms with Crippen molar-refractivity contribution in [1.29, 1.82) is 0 Å². The Bertz CT molecular complexity index is 921. The monoisotopic (exact) mass is 419 g/mol. The molecule has 134 valence electrons. The lowest BCUT2D eigenvalue weighted by molar-refractivity contribution is -0.119. The molecular formula is C14H14ClN3O4S3.